The van der Waals surface area contributed by atoms with E-state index in [1.165, 1.54) is 0 Å². The summed E-state index contributed by atoms with van der Waals surface area (Å²) < 4.78 is 1.04. The van der Waals surface area contributed by atoms with E-state index in [9.17, 15) is 0 Å². The minimum Gasteiger partial charge on any atom is -0.230 e. The highest BCUT2D eigenvalue weighted by atomic mass is 127. The number of benzene rings is 1. The van der Waals surface area contributed by atoms with Crippen molar-refractivity contribution in [2.75, 3.05) is 0 Å². The average Bonchev–Trinajstić information content (AvgIpc) is 2.30. The van der Waals surface area contributed by atoms with Crippen LogP contribution in [-0.4, -0.2) is 9.97 Å². The molecule has 0 saturated carbocycles. The number of aromatic nitrogens is 2. The van der Waals surface area contributed by atoms with Gasteiger partial charge in [-0.1, -0.05) is 41.6 Å². The van der Waals surface area contributed by atoms with Crippen LogP contribution in [0.1, 0.15) is 5.56 Å². The van der Waals surface area contributed by atoms with Gasteiger partial charge in [0.25, 0.3) is 0 Å². The monoisotopic (exact) mass is 362 g/mol. The minimum absolute atomic E-state index is 0.778. The van der Waals surface area contributed by atoms with Gasteiger partial charge in [-0.05, 0) is 34.2 Å². The molecular weight excluding hydrogens is 355 g/mol. The molecule has 2 nitrogen and oxygen atoms in total. The molecule has 82 valence electrons. The van der Waals surface area contributed by atoms with Crippen molar-refractivity contribution in [1.82, 2.24) is 9.97 Å². The molecule has 1 aromatic heterocycles. The molecule has 0 aliphatic carbocycles. The molecule has 16 heavy (non-hydrogen) atoms. The number of nitrogens with zero attached hydrogens (tertiary/aromatic N) is 2. The summed E-state index contributed by atoms with van der Waals surface area (Å²) in [5.74, 6) is 0.792. The van der Waals surface area contributed by atoms with Crippen molar-refractivity contribution >= 4 is 46.0 Å². The van der Waals surface area contributed by atoms with E-state index >= 15 is 0 Å². The van der Waals surface area contributed by atoms with E-state index in [2.05, 4.69) is 32.6 Å². The predicted molar refractivity (Wildman–Crippen MR) is 75.8 cm³/mol. The highest BCUT2D eigenvalue weighted by Gasteiger charge is 2.02. The summed E-state index contributed by atoms with van der Waals surface area (Å²) in [6.07, 6.45) is 3.62. The molecule has 0 atom stereocenters. The van der Waals surface area contributed by atoms with Crippen molar-refractivity contribution in [1.29, 1.82) is 0 Å². The second-order valence-corrected chi connectivity index (χ2v) is 5.66. The summed E-state index contributed by atoms with van der Waals surface area (Å²) in [6, 6.07) is 7.82. The van der Waals surface area contributed by atoms with E-state index in [0.29, 0.717) is 0 Å². The Morgan fingerprint density at radius 3 is 2.56 bits per heavy atom. The maximum Gasteiger partial charge on any atom is 0.187 e. The van der Waals surface area contributed by atoms with Crippen LogP contribution in [0, 0.1) is 3.57 Å². The van der Waals surface area contributed by atoms with Crippen molar-refractivity contribution in [2.24, 2.45) is 0 Å². The van der Waals surface area contributed by atoms with Gasteiger partial charge >= 0.3 is 0 Å². The molecule has 0 radical (unpaired) electrons. The zero-order chi connectivity index (χ0) is 11.4. The fraction of sp³-hybridized carbons (Fsp3) is 0.0909. The number of thioether (sulfide) groups is 1. The first-order chi connectivity index (χ1) is 7.75. The van der Waals surface area contributed by atoms with Gasteiger partial charge in [0.05, 0.1) is 0 Å². The third-order valence-electron chi connectivity index (χ3n) is 1.91. The highest BCUT2D eigenvalue weighted by molar-refractivity contribution is 14.1. The molecule has 2 aromatic rings. The van der Waals surface area contributed by atoms with Crippen LogP contribution in [0.4, 0.5) is 0 Å². The molecule has 1 aromatic carbocycles. The van der Waals surface area contributed by atoms with Crippen LogP contribution in [0.2, 0.25) is 5.02 Å². The lowest BCUT2D eigenvalue weighted by molar-refractivity contribution is 0.957. The first kappa shape index (κ1) is 12.1. The third kappa shape index (κ3) is 3.33. The smallest absolute Gasteiger partial charge is 0.187 e. The van der Waals surface area contributed by atoms with E-state index in [-0.39, 0.29) is 0 Å². The molecule has 0 N–H and O–H groups in total. The largest absolute Gasteiger partial charge is 0.230 e. The fourth-order valence-corrected chi connectivity index (χ4v) is 2.48. The standard InChI is InChI=1S/C11H8ClIN2S/c12-10-4-2-1-3-8(10)7-16-11-14-5-9(13)6-15-11/h1-6H,7H2. The summed E-state index contributed by atoms with van der Waals surface area (Å²) in [6.45, 7) is 0. The van der Waals surface area contributed by atoms with E-state index in [0.717, 1.165) is 25.1 Å². The Morgan fingerprint density at radius 1 is 1.19 bits per heavy atom. The van der Waals surface area contributed by atoms with Gasteiger partial charge in [0.1, 0.15) is 0 Å². The summed E-state index contributed by atoms with van der Waals surface area (Å²) in [5, 5.41) is 1.57. The van der Waals surface area contributed by atoms with Crippen LogP contribution in [0.3, 0.4) is 0 Å². The highest BCUT2D eigenvalue weighted by Crippen LogP contribution is 2.24. The molecule has 0 aliphatic heterocycles. The first-order valence-electron chi connectivity index (χ1n) is 4.59. The quantitative estimate of drug-likeness (QED) is 0.468. The topological polar surface area (TPSA) is 25.8 Å². The number of hydrogen-bond acceptors (Lipinski definition) is 3. The van der Waals surface area contributed by atoms with Crippen molar-refractivity contribution in [3.8, 4) is 0 Å². The molecule has 0 spiro atoms. The summed E-state index contributed by atoms with van der Waals surface area (Å²) in [4.78, 5) is 8.45. The van der Waals surface area contributed by atoms with Crippen molar-refractivity contribution in [3.05, 3.63) is 50.8 Å². The molecule has 0 saturated heterocycles. The van der Waals surface area contributed by atoms with Crippen LogP contribution in [0.15, 0.2) is 41.8 Å². The Hall–Kier alpha value is -0.330. The lowest BCUT2D eigenvalue weighted by Crippen LogP contribution is -1.88. The van der Waals surface area contributed by atoms with Crippen molar-refractivity contribution < 1.29 is 0 Å². The summed E-state index contributed by atoms with van der Waals surface area (Å²) >= 11 is 9.83. The van der Waals surface area contributed by atoms with E-state index < -0.39 is 0 Å². The third-order valence-corrected chi connectivity index (χ3v) is 3.76. The normalized spacial score (nSPS) is 10.4. The molecular formula is C11H8ClIN2S. The lowest BCUT2D eigenvalue weighted by atomic mass is 10.2. The molecule has 0 amide bonds. The summed E-state index contributed by atoms with van der Waals surface area (Å²) in [7, 11) is 0. The SMILES string of the molecule is Clc1ccccc1CSc1ncc(I)cn1. The second kappa shape index (κ2) is 5.84. The van der Waals surface area contributed by atoms with Crippen LogP contribution >= 0.6 is 46.0 Å². The van der Waals surface area contributed by atoms with Gasteiger partial charge < -0.3 is 0 Å². The zero-order valence-corrected chi connectivity index (χ0v) is 12.0. The Balaban J connectivity index is 2.02. The molecule has 0 bridgehead atoms. The number of hydrogen-bond donors (Lipinski definition) is 0. The molecule has 2 rings (SSSR count). The molecule has 0 aliphatic rings. The zero-order valence-electron chi connectivity index (χ0n) is 8.23. The fourth-order valence-electron chi connectivity index (χ4n) is 1.13. The Kier molecular flexibility index (Phi) is 4.43. The molecule has 0 fully saturated rings. The second-order valence-electron chi connectivity index (χ2n) is 3.06. The van der Waals surface area contributed by atoms with E-state index in [4.69, 9.17) is 11.6 Å². The van der Waals surface area contributed by atoms with Crippen molar-refractivity contribution in [3.63, 3.8) is 0 Å². The minimum atomic E-state index is 0.778. The van der Waals surface area contributed by atoms with Crippen LogP contribution in [-0.2, 0) is 5.75 Å². The van der Waals surface area contributed by atoms with Gasteiger partial charge in [0.15, 0.2) is 5.16 Å². The number of rotatable bonds is 3. The van der Waals surface area contributed by atoms with E-state index in [1.807, 2.05) is 36.7 Å². The maximum absolute atomic E-state index is 6.06. The van der Waals surface area contributed by atoms with E-state index in [1.54, 1.807) is 11.8 Å². The Labute approximate surface area is 117 Å². The lowest BCUT2D eigenvalue weighted by Gasteiger charge is -2.02. The molecule has 5 heteroatoms. The molecule has 1 heterocycles. The summed E-state index contributed by atoms with van der Waals surface area (Å²) in [5.41, 5.74) is 1.11. The van der Waals surface area contributed by atoms with Gasteiger partial charge in [0, 0.05) is 26.7 Å². The van der Waals surface area contributed by atoms with Crippen molar-refractivity contribution in [2.45, 2.75) is 10.9 Å². The van der Waals surface area contributed by atoms with Gasteiger partial charge in [-0.3, -0.25) is 0 Å². The first-order valence-corrected chi connectivity index (χ1v) is 7.03. The van der Waals surface area contributed by atoms with Gasteiger partial charge in [-0.25, -0.2) is 9.97 Å². The van der Waals surface area contributed by atoms with Gasteiger partial charge in [0.2, 0.25) is 0 Å². The maximum atomic E-state index is 6.06. The predicted octanol–water partition coefficient (Wildman–Crippen LogP) is 4.03. The van der Waals surface area contributed by atoms with Gasteiger partial charge in [-0.2, -0.15) is 0 Å². The van der Waals surface area contributed by atoms with Gasteiger partial charge in [-0.15, -0.1) is 0 Å². The Morgan fingerprint density at radius 2 is 1.88 bits per heavy atom. The average molecular weight is 363 g/mol. The van der Waals surface area contributed by atoms with Crippen LogP contribution < -0.4 is 0 Å². The molecule has 0 unspecified atom stereocenters. The van der Waals surface area contributed by atoms with Crippen LogP contribution in [0.5, 0.6) is 0 Å². The Bertz CT molecular complexity index is 476. The van der Waals surface area contributed by atoms with Crippen LogP contribution in [0.25, 0.3) is 0 Å². The number of halogens is 2.